The second kappa shape index (κ2) is 4.16. The highest BCUT2D eigenvalue weighted by Crippen LogP contribution is 2.39. The van der Waals surface area contributed by atoms with Gasteiger partial charge in [0.05, 0.1) is 13.0 Å². The molecule has 1 fully saturated rings. The average molecular weight is 194 g/mol. The van der Waals surface area contributed by atoms with E-state index in [0.29, 0.717) is 5.92 Å². The SMILES string of the molecule is COC(=O)[C@@H]1CCCC=C2CC[C@H]1C2. The lowest BCUT2D eigenvalue weighted by Crippen LogP contribution is -2.23. The van der Waals surface area contributed by atoms with E-state index in [1.165, 1.54) is 20.0 Å². The third kappa shape index (κ3) is 1.84. The smallest absolute Gasteiger partial charge is 0.308 e. The van der Waals surface area contributed by atoms with Crippen molar-refractivity contribution in [2.45, 2.75) is 38.5 Å². The van der Waals surface area contributed by atoms with Crippen LogP contribution in [0.5, 0.6) is 0 Å². The first-order valence-corrected chi connectivity index (χ1v) is 5.57. The summed E-state index contributed by atoms with van der Waals surface area (Å²) in [6, 6.07) is 0. The molecular weight excluding hydrogens is 176 g/mol. The molecule has 2 nitrogen and oxygen atoms in total. The Morgan fingerprint density at radius 2 is 2.36 bits per heavy atom. The highest BCUT2D eigenvalue weighted by atomic mass is 16.5. The maximum atomic E-state index is 11.6. The summed E-state index contributed by atoms with van der Waals surface area (Å²) in [6.45, 7) is 0. The molecule has 2 aliphatic rings. The predicted molar refractivity (Wildman–Crippen MR) is 54.8 cm³/mol. The molecule has 0 saturated heterocycles. The Hall–Kier alpha value is -0.790. The summed E-state index contributed by atoms with van der Waals surface area (Å²) < 4.78 is 4.88. The highest BCUT2D eigenvalue weighted by Gasteiger charge is 2.33. The molecule has 2 bridgehead atoms. The van der Waals surface area contributed by atoms with Crippen molar-refractivity contribution in [2.75, 3.05) is 7.11 Å². The van der Waals surface area contributed by atoms with Gasteiger partial charge in [-0.05, 0) is 44.4 Å². The van der Waals surface area contributed by atoms with E-state index < -0.39 is 0 Å². The van der Waals surface area contributed by atoms with Crippen LogP contribution in [0.4, 0.5) is 0 Å². The van der Waals surface area contributed by atoms with Gasteiger partial charge in [-0.25, -0.2) is 0 Å². The molecule has 0 aromatic carbocycles. The summed E-state index contributed by atoms with van der Waals surface area (Å²) in [6.07, 6.45) is 9.22. The Morgan fingerprint density at radius 3 is 3.14 bits per heavy atom. The van der Waals surface area contributed by atoms with Gasteiger partial charge >= 0.3 is 5.97 Å². The van der Waals surface area contributed by atoms with E-state index in [1.54, 1.807) is 5.57 Å². The maximum absolute atomic E-state index is 11.6. The lowest BCUT2D eigenvalue weighted by atomic mass is 9.85. The van der Waals surface area contributed by atoms with Crippen LogP contribution in [0, 0.1) is 11.8 Å². The lowest BCUT2D eigenvalue weighted by molar-refractivity contribution is -0.147. The molecule has 2 rings (SSSR count). The Labute approximate surface area is 85.3 Å². The van der Waals surface area contributed by atoms with E-state index in [0.717, 1.165) is 25.7 Å². The van der Waals surface area contributed by atoms with Gasteiger partial charge in [-0.3, -0.25) is 4.79 Å². The second-order valence-electron chi connectivity index (χ2n) is 4.43. The van der Waals surface area contributed by atoms with Crippen LogP contribution in [0.1, 0.15) is 38.5 Å². The van der Waals surface area contributed by atoms with Crippen LogP contribution >= 0.6 is 0 Å². The minimum absolute atomic E-state index is 0.0122. The highest BCUT2D eigenvalue weighted by molar-refractivity contribution is 5.72. The van der Waals surface area contributed by atoms with Crippen LogP contribution in [-0.2, 0) is 9.53 Å². The fraction of sp³-hybridized carbons (Fsp3) is 0.750. The van der Waals surface area contributed by atoms with Crippen LogP contribution in [0.2, 0.25) is 0 Å². The van der Waals surface area contributed by atoms with Gasteiger partial charge in [0.25, 0.3) is 0 Å². The molecule has 0 radical (unpaired) electrons. The summed E-state index contributed by atoms with van der Waals surface area (Å²) in [5.74, 6) is 0.748. The number of hydrogen-bond acceptors (Lipinski definition) is 2. The zero-order chi connectivity index (χ0) is 9.97. The molecule has 0 N–H and O–H groups in total. The quantitative estimate of drug-likeness (QED) is 0.474. The van der Waals surface area contributed by atoms with Crippen LogP contribution < -0.4 is 0 Å². The molecule has 0 aromatic heterocycles. The molecule has 0 spiro atoms. The van der Waals surface area contributed by atoms with Gasteiger partial charge in [-0.15, -0.1) is 0 Å². The molecule has 2 atom stereocenters. The van der Waals surface area contributed by atoms with Crippen molar-refractivity contribution in [1.82, 2.24) is 0 Å². The fourth-order valence-electron chi connectivity index (χ4n) is 2.78. The molecule has 0 aromatic rings. The van der Waals surface area contributed by atoms with E-state index in [2.05, 4.69) is 6.08 Å². The lowest BCUT2D eigenvalue weighted by Gasteiger charge is -2.21. The van der Waals surface area contributed by atoms with E-state index in [-0.39, 0.29) is 11.9 Å². The van der Waals surface area contributed by atoms with Gasteiger partial charge in [0, 0.05) is 0 Å². The second-order valence-corrected chi connectivity index (χ2v) is 4.43. The Balaban J connectivity index is 2.10. The van der Waals surface area contributed by atoms with Crippen molar-refractivity contribution in [1.29, 1.82) is 0 Å². The summed E-state index contributed by atoms with van der Waals surface area (Å²) in [7, 11) is 1.51. The van der Waals surface area contributed by atoms with Gasteiger partial charge in [-0.2, -0.15) is 0 Å². The van der Waals surface area contributed by atoms with Crippen LogP contribution in [0.15, 0.2) is 11.6 Å². The summed E-state index contributed by atoms with van der Waals surface area (Å²) in [5.41, 5.74) is 1.57. The molecule has 78 valence electrons. The van der Waals surface area contributed by atoms with Crippen LogP contribution in [-0.4, -0.2) is 13.1 Å². The van der Waals surface area contributed by atoms with Crippen LogP contribution in [0.25, 0.3) is 0 Å². The zero-order valence-electron chi connectivity index (χ0n) is 8.79. The number of ether oxygens (including phenoxy) is 1. The molecule has 0 heterocycles. The largest absolute Gasteiger partial charge is 0.469 e. The van der Waals surface area contributed by atoms with E-state index in [4.69, 9.17) is 4.74 Å². The number of methoxy groups -OCH3 is 1. The normalized spacial score (nSPS) is 31.6. The zero-order valence-corrected chi connectivity index (χ0v) is 8.79. The molecule has 14 heavy (non-hydrogen) atoms. The van der Waals surface area contributed by atoms with Gasteiger partial charge in [-0.1, -0.05) is 11.6 Å². The molecule has 0 unspecified atom stereocenters. The molecule has 2 heteroatoms. The number of carbonyl (C=O) groups is 1. The minimum Gasteiger partial charge on any atom is -0.469 e. The number of allylic oxidation sites excluding steroid dienone is 2. The first-order valence-electron chi connectivity index (χ1n) is 5.57. The number of rotatable bonds is 1. The molecule has 2 aliphatic carbocycles. The van der Waals surface area contributed by atoms with Crippen molar-refractivity contribution >= 4 is 5.97 Å². The van der Waals surface area contributed by atoms with E-state index >= 15 is 0 Å². The van der Waals surface area contributed by atoms with Crippen molar-refractivity contribution in [3.8, 4) is 0 Å². The van der Waals surface area contributed by atoms with Gasteiger partial charge in [0.15, 0.2) is 0 Å². The summed E-state index contributed by atoms with van der Waals surface area (Å²) in [5, 5.41) is 0. The Bertz CT molecular complexity index is 255. The maximum Gasteiger partial charge on any atom is 0.308 e. The van der Waals surface area contributed by atoms with E-state index in [9.17, 15) is 4.79 Å². The van der Waals surface area contributed by atoms with Gasteiger partial charge in [0.1, 0.15) is 0 Å². The average Bonchev–Trinajstić information content (AvgIpc) is 2.64. The molecule has 0 amide bonds. The third-order valence-corrected chi connectivity index (χ3v) is 3.59. The number of carbonyl (C=O) groups excluding carboxylic acids is 1. The first-order chi connectivity index (χ1) is 6.81. The predicted octanol–water partition coefficient (Wildman–Crippen LogP) is 2.69. The van der Waals surface area contributed by atoms with Crippen molar-refractivity contribution in [2.24, 2.45) is 11.8 Å². The van der Waals surface area contributed by atoms with Gasteiger partial charge in [0.2, 0.25) is 0 Å². The van der Waals surface area contributed by atoms with Gasteiger partial charge < -0.3 is 4.74 Å². The standard InChI is InChI=1S/C12H18O2/c1-14-12(13)11-5-3-2-4-9-6-7-10(11)8-9/h4,10-11H,2-3,5-8H2,1H3/t10-,11+/m0/s1. The fourth-order valence-corrected chi connectivity index (χ4v) is 2.78. The van der Waals surface area contributed by atoms with Crippen molar-refractivity contribution < 1.29 is 9.53 Å². The van der Waals surface area contributed by atoms with E-state index in [1.807, 2.05) is 0 Å². The molecule has 1 saturated carbocycles. The van der Waals surface area contributed by atoms with Crippen LogP contribution in [0.3, 0.4) is 0 Å². The third-order valence-electron chi connectivity index (χ3n) is 3.59. The van der Waals surface area contributed by atoms with Crippen molar-refractivity contribution in [3.05, 3.63) is 11.6 Å². The topological polar surface area (TPSA) is 26.3 Å². The number of hydrogen-bond donors (Lipinski definition) is 0. The summed E-state index contributed by atoms with van der Waals surface area (Å²) >= 11 is 0. The monoisotopic (exact) mass is 194 g/mol. The number of esters is 1. The Kier molecular flexibility index (Phi) is 2.90. The first kappa shape index (κ1) is 9.75. The minimum atomic E-state index is 0.0122. The number of fused-ring (bicyclic) bond motifs is 2. The summed E-state index contributed by atoms with van der Waals surface area (Å²) in [4.78, 5) is 11.6. The molecular formula is C12H18O2. The van der Waals surface area contributed by atoms with Crippen molar-refractivity contribution in [3.63, 3.8) is 0 Å². The molecule has 0 aliphatic heterocycles. The Morgan fingerprint density at radius 1 is 1.50 bits per heavy atom.